The Morgan fingerprint density at radius 1 is 1.24 bits per heavy atom. The maximum absolute atomic E-state index is 14.5. The lowest BCUT2D eigenvalue weighted by molar-refractivity contribution is -0.167. The van der Waals surface area contributed by atoms with Crippen molar-refractivity contribution in [2.45, 2.75) is 37.0 Å². The first-order valence-corrected chi connectivity index (χ1v) is 10.2. The van der Waals surface area contributed by atoms with Crippen LogP contribution in [0.15, 0.2) is 36.5 Å². The molecule has 2 aromatic rings. The molecule has 1 aromatic carbocycles. The maximum atomic E-state index is 14.5. The van der Waals surface area contributed by atoms with Crippen molar-refractivity contribution in [1.82, 2.24) is 15.2 Å². The molecule has 4 rings (SSSR count). The number of primary amides is 1. The number of halogens is 4. The van der Waals surface area contributed by atoms with Gasteiger partial charge in [0.05, 0.1) is 16.8 Å². The molecule has 3 N–H and O–H groups in total. The number of imide groups is 1. The Bertz CT molecular complexity index is 1190. The number of pyridine rings is 1. The summed E-state index contributed by atoms with van der Waals surface area (Å²) in [5.41, 5.74) is 4.41. The lowest BCUT2D eigenvalue weighted by atomic mass is 9.87. The molecular formula is C21H16ClF3N4O4. The quantitative estimate of drug-likeness (QED) is 0.651. The molecule has 0 aliphatic carbocycles. The van der Waals surface area contributed by atoms with Crippen molar-refractivity contribution >= 4 is 35.2 Å². The second kappa shape index (κ2) is 8.14. The van der Waals surface area contributed by atoms with Gasteiger partial charge in [-0.2, -0.15) is 13.2 Å². The lowest BCUT2D eigenvalue weighted by Gasteiger charge is -2.38. The molecule has 3 atom stereocenters. The summed E-state index contributed by atoms with van der Waals surface area (Å²) in [6.45, 7) is 0. The molecule has 4 amide bonds. The molecule has 3 heterocycles. The van der Waals surface area contributed by atoms with Gasteiger partial charge in [0.15, 0.2) is 0 Å². The van der Waals surface area contributed by atoms with Crippen LogP contribution in [-0.2, 0) is 9.59 Å². The summed E-state index contributed by atoms with van der Waals surface area (Å²) in [5.74, 6) is -5.65. The first-order valence-electron chi connectivity index (χ1n) is 9.78. The standard InChI is InChI=1S/C21H16ClF3N4O4/c22-12-2-1-7-27-16(12)15(21(23,24)25)17-11-8-9(18(26)31)3-4-10(11)20(33)29(17)13-5-6-14(30)28-19(13)32/h1-4,7-8,13,15,17H,5-6H2,(H2,26,31)(H,28,30,32)/t13?,15-,17?/m0/s1. The fourth-order valence-electron chi connectivity index (χ4n) is 4.30. The zero-order valence-corrected chi connectivity index (χ0v) is 17.5. The van der Waals surface area contributed by atoms with Crippen molar-refractivity contribution in [3.05, 3.63) is 63.9 Å². The van der Waals surface area contributed by atoms with Crippen LogP contribution in [0.1, 0.15) is 56.8 Å². The fourth-order valence-corrected chi connectivity index (χ4v) is 4.54. The number of amides is 4. The third-order valence-corrected chi connectivity index (χ3v) is 6.03. The SMILES string of the molecule is NC(=O)c1ccc2c(c1)C([C@H](c1ncccc1Cl)C(F)(F)F)N(C1CCC(=O)NC1=O)C2=O. The van der Waals surface area contributed by atoms with E-state index in [2.05, 4.69) is 10.3 Å². The molecule has 0 spiro atoms. The molecule has 0 radical (unpaired) electrons. The highest BCUT2D eigenvalue weighted by Crippen LogP contribution is 2.52. The van der Waals surface area contributed by atoms with Crippen LogP contribution in [0, 0.1) is 0 Å². The van der Waals surface area contributed by atoms with E-state index in [-0.39, 0.29) is 34.6 Å². The van der Waals surface area contributed by atoms with Crippen molar-refractivity contribution in [1.29, 1.82) is 0 Å². The van der Waals surface area contributed by atoms with Crippen molar-refractivity contribution in [2.24, 2.45) is 5.73 Å². The van der Waals surface area contributed by atoms with Gasteiger partial charge in [-0.3, -0.25) is 29.5 Å². The third-order valence-electron chi connectivity index (χ3n) is 5.72. The zero-order chi connectivity index (χ0) is 24.1. The van der Waals surface area contributed by atoms with Gasteiger partial charge in [-0.1, -0.05) is 11.6 Å². The van der Waals surface area contributed by atoms with Crippen LogP contribution in [0.4, 0.5) is 13.2 Å². The van der Waals surface area contributed by atoms with Gasteiger partial charge in [-0.15, -0.1) is 0 Å². The van der Waals surface area contributed by atoms with E-state index in [1.807, 2.05) is 0 Å². The molecule has 2 aliphatic heterocycles. The summed E-state index contributed by atoms with van der Waals surface area (Å²) in [6, 6.07) is 3.00. The molecule has 1 saturated heterocycles. The summed E-state index contributed by atoms with van der Waals surface area (Å²) < 4.78 is 43.6. The van der Waals surface area contributed by atoms with Gasteiger partial charge >= 0.3 is 6.18 Å². The summed E-state index contributed by atoms with van der Waals surface area (Å²) in [7, 11) is 0. The third kappa shape index (κ3) is 3.92. The molecule has 0 saturated carbocycles. The number of rotatable bonds is 4. The van der Waals surface area contributed by atoms with Gasteiger partial charge in [-0.25, -0.2) is 0 Å². The van der Waals surface area contributed by atoms with E-state index in [1.165, 1.54) is 24.3 Å². The number of carbonyl (C=O) groups excluding carboxylic acids is 4. The molecule has 1 aromatic heterocycles. The highest BCUT2D eigenvalue weighted by molar-refractivity contribution is 6.31. The molecule has 2 unspecified atom stereocenters. The molecular weight excluding hydrogens is 465 g/mol. The minimum atomic E-state index is -4.95. The second-order valence-corrected chi connectivity index (χ2v) is 8.09. The Hall–Kier alpha value is -3.47. The Labute approximate surface area is 189 Å². The minimum Gasteiger partial charge on any atom is -0.366 e. The van der Waals surface area contributed by atoms with Gasteiger partial charge < -0.3 is 10.6 Å². The summed E-state index contributed by atoms with van der Waals surface area (Å²) >= 11 is 6.07. The summed E-state index contributed by atoms with van der Waals surface area (Å²) in [6.07, 6.45) is -4.14. The van der Waals surface area contributed by atoms with Crippen LogP contribution in [-0.4, -0.2) is 45.7 Å². The predicted octanol–water partition coefficient (Wildman–Crippen LogP) is 2.48. The van der Waals surface area contributed by atoms with Crippen LogP contribution in [0.25, 0.3) is 0 Å². The highest BCUT2D eigenvalue weighted by atomic mass is 35.5. The Balaban J connectivity index is 1.95. The largest absolute Gasteiger partial charge is 0.399 e. The number of carbonyl (C=O) groups is 4. The first kappa shape index (κ1) is 22.7. The van der Waals surface area contributed by atoms with Gasteiger partial charge in [0.1, 0.15) is 12.0 Å². The van der Waals surface area contributed by atoms with E-state index in [0.29, 0.717) is 0 Å². The molecule has 33 heavy (non-hydrogen) atoms. The molecule has 172 valence electrons. The molecule has 12 heteroatoms. The number of nitrogens with one attached hydrogen (secondary N) is 1. The van der Waals surface area contributed by atoms with Crippen LogP contribution in [0.3, 0.4) is 0 Å². The second-order valence-electron chi connectivity index (χ2n) is 7.68. The van der Waals surface area contributed by atoms with E-state index in [0.717, 1.165) is 17.2 Å². The van der Waals surface area contributed by atoms with Crippen LogP contribution in [0.2, 0.25) is 5.02 Å². The van der Waals surface area contributed by atoms with E-state index in [4.69, 9.17) is 17.3 Å². The average Bonchev–Trinajstić information content (AvgIpc) is 3.00. The summed E-state index contributed by atoms with van der Waals surface area (Å²) in [4.78, 5) is 53.8. The van der Waals surface area contributed by atoms with E-state index >= 15 is 0 Å². The Morgan fingerprint density at radius 2 is 1.97 bits per heavy atom. The van der Waals surface area contributed by atoms with Crippen molar-refractivity contribution in [3.63, 3.8) is 0 Å². The number of benzene rings is 1. The van der Waals surface area contributed by atoms with E-state index in [1.54, 1.807) is 0 Å². The smallest absolute Gasteiger partial charge is 0.366 e. The zero-order valence-electron chi connectivity index (χ0n) is 16.7. The normalized spacial score (nSPS) is 21.6. The fraction of sp³-hybridized carbons (Fsp3) is 0.286. The predicted molar refractivity (Wildman–Crippen MR) is 108 cm³/mol. The number of nitrogens with zero attached hydrogens (tertiary/aromatic N) is 2. The van der Waals surface area contributed by atoms with Gasteiger partial charge in [-0.05, 0) is 42.3 Å². The van der Waals surface area contributed by atoms with Crippen molar-refractivity contribution in [3.8, 4) is 0 Å². The topological polar surface area (TPSA) is 122 Å². The number of aromatic nitrogens is 1. The molecule has 2 aliphatic rings. The Morgan fingerprint density at radius 3 is 2.58 bits per heavy atom. The van der Waals surface area contributed by atoms with Crippen molar-refractivity contribution < 1.29 is 32.3 Å². The highest BCUT2D eigenvalue weighted by Gasteiger charge is 2.57. The lowest BCUT2D eigenvalue weighted by Crippen LogP contribution is -2.55. The van der Waals surface area contributed by atoms with Crippen LogP contribution in [0.5, 0.6) is 0 Å². The number of hydrogen-bond acceptors (Lipinski definition) is 5. The monoisotopic (exact) mass is 480 g/mol. The average molecular weight is 481 g/mol. The molecule has 0 bridgehead atoms. The minimum absolute atomic E-state index is 0.107. The van der Waals surface area contributed by atoms with E-state index in [9.17, 15) is 32.3 Å². The van der Waals surface area contributed by atoms with Gasteiger partial charge in [0.25, 0.3) is 5.91 Å². The number of alkyl halides is 3. The van der Waals surface area contributed by atoms with Crippen LogP contribution < -0.4 is 11.1 Å². The number of nitrogens with two attached hydrogens (primary N) is 1. The van der Waals surface area contributed by atoms with Crippen molar-refractivity contribution in [2.75, 3.05) is 0 Å². The number of piperidine rings is 1. The first-order chi connectivity index (χ1) is 15.5. The summed E-state index contributed by atoms with van der Waals surface area (Å²) in [5, 5.41) is 1.78. The molecule has 1 fully saturated rings. The van der Waals surface area contributed by atoms with Crippen LogP contribution >= 0.6 is 11.6 Å². The van der Waals surface area contributed by atoms with Gasteiger partial charge in [0.2, 0.25) is 17.7 Å². The number of hydrogen-bond donors (Lipinski definition) is 2. The van der Waals surface area contributed by atoms with E-state index < -0.39 is 53.5 Å². The van der Waals surface area contributed by atoms with Gasteiger partial charge in [0, 0.05) is 23.7 Å². The number of fused-ring (bicyclic) bond motifs is 1. The molecule has 8 nitrogen and oxygen atoms in total. The maximum Gasteiger partial charge on any atom is 0.399 e. The Kier molecular flexibility index (Phi) is 5.61.